The molecule has 0 aliphatic rings. The molecule has 0 aromatic carbocycles. The van der Waals surface area contributed by atoms with Crippen molar-refractivity contribution in [2.24, 2.45) is 4.99 Å². The number of hydrogen-bond donors (Lipinski definition) is 2. The zero-order valence-corrected chi connectivity index (χ0v) is 14.6. The first kappa shape index (κ1) is 18.7. The van der Waals surface area contributed by atoms with Gasteiger partial charge in [-0.1, -0.05) is 19.2 Å². The zero-order valence-electron chi connectivity index (χ0n) is 13.7. The van der Waals surface area contributed by atoms with Gasteiger partial charge >= 0.3 is 0 Å². The van der Waals surface area contributed by atoms with Crippen LogP contribution in [0.5, 0.6) is 0 Å². The SMILES string of the molecule is C=C(O)C/C=C\C(=C/C(=C)N=Cc1csc(NC(C)C)n1)OC. The van der Waals surface area contributed by atoms with Gasteiger partial charge in [0.2, 0.25) is 0 Å². The number of ether oxygens (including phenoxy) is 1. The summed E-state index contributed by atoms with van der Waals surface area (Å²) in [6.07, 6.45) is 7.22. The Balaban J connectivity index is 2.65. The molecule has 1 aromatic rings. The first-order valence-electron chi connectivity index (χ1n) is 7.14. The number of aliphatic hydroxyl groups is 1. The van der Waals surface area contributed by atoms with E-state index in [4.69, 9.17) is 9.84 Å². The average molecular weight is 333 g/mol. The maximum absolute atomic E-state index is 9.03. The molecule has 5 nitrogen and oxygen atoms in total. The molecule has 0 unspecified atom stereocenters. The summed E-state index contributed by atoms with van der Waals surface area (Å²) < 4.78 is 5.21. The Morgan fingerprint density at radius 3 is 2.87 bits per heavy atom. The molecule has 0 fully saturated rings. The predicted molar refractivity (Wildman–Crippen MR) is 98.2 cm³/mol. The minimum atomic E-state index is 0.0999. The van der Waals surface area contributed by atoms with Crippen molar-refractivity contribution in [2.45, 2.75) is 26.3 Å². The van der Waals surface area contributed by atoms with Gasteiger partial charge < -0.3 is 15.2 Å². The van der Waals surface area contributed by atoms with Crippen molar-refractivity contribution >= 4 is 22.7 Å². The minimum Gasteiger partial charge on any atom is -0.513 e. The van der Waals surface area contributed by atoms with E-state index in [1.165, 1.54) is 11.3 Å². The van der Waals surface area contributed by atoms with Crippen LogP contribution in [-0.2, 0) is 4.74 Å². The summed E-state index contributed by atoms with van der Waals surface area (Å²) in [4.78, 5) is 8.66. The topological polar surface area (TPSA) is 66.7 Å². The number of nitrogens with zero attached hydrogens (tertiary/aromatic N) is 2. The van der Waals surface area contributed by atoms with Gasteiger partial charge in [-0.2, -0.15) is 0 Å². The Bertz CT molecular complexity index is 628. The molecule has 1 heterocycles. The summed E-state index contributed by atoms with van der Waals surface area (Å²) in [5, 5.41) is 15.1. The van der Waals surface area contributed by atoms with E-state index in [2.05, 4.69) is 42.3 Å². The molecular formula is C17H23N3O2S. The Labute approximate surface area is 141 Å². The number of methoxy groups -OCH3 is 1. The van der Waals surface area contributed by atoms with Crippen LogP contribution in [0.25, 0.3) is 0 Å². The number of aliphatic hydroxyl groups excluding tert-OH is 1. The molecule has 124 valence electrons. The van der Waals surface area contributed by atoms with Crippen LogP contribution < -0.4 is 5.32 Å². The minimum absolute atomic E-state index is 0.0999. The van der Waals surface area contributed by atoms with E-state index < -0.39 is 0 Å². The van der Waals surface area contributed by atoms with Gasteiger partial charge in [-0.3, -0.25) is 4.99 Å². The molecule has 0 bridgehead atoms. The first-order valence-corrected chi connectivity index (χ1v) is 8.02. The molecule has 1 rings (SSSR count). The average Bonchev–Trinajstić information content (AvgIpc) is 2.90. The van der Waals surface area contributed by atoms with Crippen LogP contribution in [0.15, 0.2) is 59.0 Å². The lowest BCUT2D eigenvalue weighted by atomic mass is 10.3. The molecule has 2 N–H and O–H groups in total. The van der Waals surface area contributed by atoms with Gasteiger partial charge in [-0.05, 0) is 19.9 Å². The molecule has 1 aromatic heterocycles. The second kappa shape index (κ2) is 9.63. The molecule has 6 heteroatoms. The lowest BCUT2D eigenvalue weighted by Crippen LogP contribution is -2.09. The van der Waals surface area contributed by atoms with Gasteiger partial charge in [-0.25, -0.2) is 4.98 Å². The molecule has 0 spiro atoms. The van der Waals surface area contributed by atoms with E-state index in [0.717, 1.165) is 10.8 Å². The monoisotopic (exact) mass is 333 g/mol. The highest BCUT2D eigenvalue weighted by molar-refractivity contribution is 7.13. The fourth-order valence-corrected chi connectivity index (χ4v) is 2.30. The van der Waals surface area contributed by atoms with E-state index in [1.54, 1.807) is 31.6 Å². The van der Waals surface area contributed by atoms with Crippen molar-refractivity contribution in [3.05, 3.63) is 59.7 Å². The largest absolute Gasteiger partial charge is 0.513 e. The number of rotatable bonds is 9. The van der Waals surface area contributed by atoms with Crippen molar-refractivity contribution in [1.29, 1.82) is 0 Å². The fraction of sp³-hybridized carbons (Fsp3) is 0.294. The molecule has 0 saturated heterocycles. The highest BCUT2D eigenvalue weighted by atomic mass is 32.1. The standard InChI is InChI=1S/C17H23N3O2S/c1-12(2)19-17-20-15(11-23-17)10-18-13(3)9-16(22-5)8-6-7-14(4)21/h6,8-12,21H,3-4,7H2,1-2,5H3,(H,19,20)/b8-6-,16-9+,18-10?. The molecule has 23 heavy (non-hydrogen) atoms. The van der Waals surface area contributed by atoms with Gasteiger partial charge in [0.15, 0.2) is 5.13 Å². The molecule has 0 aliphatic carbocycles. The van der Waals surface area contributed by atoms with Crippen molar-refractivity contribution < 1.29 is 9.84 Å². The van der Waals surface area contributed by atoms with Crippen molar-refractivity contribution in [2.75, 3.05) is 12.4 Å². The van der Waals surface area contributed by atoms with Crippen LogP contribution in [0.1, 0.15) is 26.0 Å². The highest BCUT2D eigenvalue weighted by Gasteiger charge is 2.01. The molecular weight excluding hydrogens is 310 g/mol. The Morgan fingerprint density at radius 1 is 1.52 bits per heavy atom. The fourth-order valence-electron chi connectivity index (χ4n) is 1.50. The molecule has 0 amide bonds. The van der Waals surface area contributed by atoms with Crippen molar-refractivity contribution in [1.82, 2.24) is 4.98 Å². The van der Waals surface area contributed by atoms with Gasteiger partial charge in [0.25, 0.3) is 0 Å². The number of allylic oxidation sites excluding steroid dienone is 3. The number of thiazole rings is 1. The molecule has 0 aliphatic heterocycles. The summed E-state index contributed by atoms with van der Waals surface area (Å²) in [5.41, 5.74) is 1.32. The number of aromatic nitrogens is 1. The predicted octanol–water partition coefficient (Wildman–Crippen LogP) is 4.44. The van der Waals surface area contributed by atoms with Gasteiger partial charge in [0.1, 0.15) is 5.76 Å². The maximum Gasteiger partial charge on any atom is 0.183 e. The van der Waals surface area contributed by atoms with E-state index in [1.807, 2.05) is 5.38 Å². The summed E-state index contributed by atoms with van der Waals surface area (Å²) in [7, 11) is 1.56. The third-order valence-corrected chi connectivity index (χ3v) is 3.27. The van der Waals surface area contributed by atoms with Crippen LogP contribution >= 0.6 is 11.3 Å². The Kier molecular flexibility index (Phi) is 7.83. The van der Waals surface area contributed by atoms with Crippen LogP contribution in [0.4, 0.5) is 5.13 Å². The molecule has 0 atom stereocenters. The maximum atomic E-state index is 9.03. The summed E-state index contributed by atoms with van der Waals surface area (Å²) >= 11 is 1.54. The van der Waals surface area contributed by atoms with Crippen LogP contribution in [0, 0.1) is 0 Å². The summed E-state index contributed by atoms with van der Waals surface area (Å²) in [6, 6.07) is 0.342. The van der Waals surface area contributed by atoms with Crippen LogP contribution in [0.3, 0.4) is 0 Å². The summed E-state index contributed by atoms with van der Waals surface area (Å²) in [6.45, 7) is 11.4. The lowest BCUT2D eigenvalue weighted by molar-refractivity contribution is 0.306. The summed E-state index contributed by atoms with van der Waals surface area (Å²) in [5.74, 6) is 0.691. The van der Waals surface area contributed by atoms with E-state index in [9.17, 15) is 0 Å². The second-order valence-electron chi connectivity index (χ2n) is 5.05. The molecule has 0 saturated carbocycles. The van der Waals surface area contributed by atoms with Gasteiger partial charge in [0.05, 0.1) is 30.5 Å². The van der Waals surface area contributed by atoms with Crippen LogP contribution in [0.2, 0.25) is 0 Å². The van der Waals surface area contributed by atoms with E-state index in [0.29, 0.717) is 23.9 Å². The normalized spacial score (nSPS) is 12.3. The number of hydrogen-bond acceptors (Lipinski definition) is 6. The third kappa shape index (κ3) is 8.01. The number of anilines is 1. The van der Waals surface area contributed by atoms with E-state index >= 15 is 0 Å². The Hall–Kier alpha value is -2.34. The second-order valence-corrected chi connectivity index (χ2v) is 5.91. The quantitative estimate of drug-likeness (QED) is 0.398. The molecule has 0 radical (unpaired) electrons. The smallest absolute Gasteiger partial charge is 0.183 e. The number of aliphatic imine (C=N–C) groups is 1. The third-order valence-electron chi connectivity index (χ3n) is 2.48. The van der Waals surface area contributed by atoms with Gasteiger partial charge in [0, 0.05) is 23.9 Å². The number of nitrogens with one attached hydrogen (secondary N) is 1. The van der Waals surface area contributed by atoms with E-state index in [-0.39, 0.29) is 5.76 Å². The Morgan fingerprint density at radius 2 is 2.26 bits per heavy atom. The van der Waals surface area contributed by atoms with Crippen LogP contribution in [-0.4, -0.2) is 29.5 Å². The first-order chi connectivity index (χ1) is 10.9. The van der Waals surface area contributed by atoms with Gasteiger partial charge in [-0.15, -0.1) is 11.3 Å². The van der Waals surface area contributed by atoms with Crippen molar-refractivity contribution in [3.63, 3.8) is 0 Å². The van der Waals surface area contributed by atoms with Crippen molar-refractivity contribution in [3.8, 4) is 0 Å². The highest BCUT2D eigenvalue weighted by Crippen LogP contribution is 2.15. The lowest BCUT2D eigenvalue weighted by Gasteiger charge is -2.03. The zero-order chi connectivity index (χ0) is 17.2.